The molecule has 5 rings (SSSR count). The van der Waals surface area contributed by atoms with Gasteiger partial charge >= 0.3 is 0 Å². The molecule has 1 fully saturated rings. The zero-order valence-electron chi connectivity index (χ0n) is 17.4. The van der Waals surface area contributed by atoms with Crippen molar-refractivity contribution in [2.75, 3.05) is 9.91 Å². The molecular weight excluding hydrogens is 458 g/mol. The highest BCUT2D eigenvalue weighted by molar-refractivity contribution is 6.53. The van der Waals surface area contributed by atoms with E-state index < -0.39 is 35.5 Å². The molecule has 0 N–H and O–H groups in total. The summed E-state index contributed by atoms with van der Waals surface area (Å²) in [4.78, 5) is 52.3. The fourth-order valence-corrected chi connectivity index (χ4v) is 4.27. The maximum atomic E-state index is 13.5. The minimum Gasteiger partial charge on any atom is -0.545 e. The van der Waals surface area contributed by atoms with Crippen LogP contribution >= 0.6 is 11.6 Å². The van der Waals surface area contributed by atoms with Gasteiger partial charge < -0.3 is 9.90 Å². The molecule has 2 aliphatic rings. The minimum atomic E-state index is -1.37. The van der Waals surface area contributed by atoms with E-state index in [2.05, 4.69) is 5.10 Å². The molecule has 2 atom stereocenters. The van der Waals surface area contributed by atoms with Crippen LogP contribution in [0.4, 0.5) is 11.4 Å². The summed E-state index contributed by atoms with van der Waals surface area (Å²) in [5.41, 5.74) is 0.888. The van der Waals surface area contributed by atoms with Gasteiger partial charge in [0.15, 0.2) is 0 Å². The van der Waals surface area contributed by atoms with Crippen molar-refractivity contribution < 1.29 is 24.3 Å². The Morgan fingerprint density at radius 2 is 1.41 bits per heavy atom. The highest BCUT2D eigenvalue weighted by Gasteiger charge is 2.58. The lowest BCUT2D eigenvalue weighted by molar-refractivity contribution is -0.255. The lowest BCUT2D eigenvalue weighted by Gasteiger charge is -2.22. The molecule has 2 amide bonds. The quantitative estimate of drug-likeness (QED) is 0.416. The fraction of sp³-hybridized carbons (Fsp3) is 0.0800. The van der Waals surface area contributed by atoms with E-state index >= 15 is 0 Å². The van der Waals surface area contributed by atoms with E-state index in [0.29, 0.717) is 10.7 Å². The molecule has 2 aliphatic heterocycles. The Morgan fingerprint density at radius 1 is 0.794 bits per heavy atom. The van der Waals surface area contributed by atoms with Crippen molar-refractivity contribution in [1.29, 1.82) is 0 Å². The van der Waals surface area contributed by atoms with Crippen molar-refractivity contribution in [3.63, 3.8) is 0 Å². The van der Waals surface area contributed by atoms with Crippen LogP contribution in [0.15, 0.2) is 84.0 Å². The first kappa shape index (κ1) is 21.5. The van der Waals surface area contributed by atoms with Crippen molar-refractivity contribution in [3.05, 3.63) is 95.0 Å². The molecule has 3 aromatic rings. The number of hydrazone groups is 1. The van der Waals surface area contributed by atoms with Gasteiger partial charge in [-0.2, -0.15) is 5.10 Å². The van der Waals surface area contributed by atoms with Crippen molar-refractivity contribution in [1.82, 2.24) is 0 Å². The number of rotatable bonds is 5. The van der Waals surface area contributed by atoms with Crippen LogP contribution in [-0.2, 0) is 9.59 Å². The average Bonchev–Trinajstić information content (AvgIpc) is 3.36. The van der Waals surface area contributed by atoms with Gasteiger partial charge in [0.05, 0.1) is 17.3 Å². The number of carboxylic acid groups (broad SMARTS) is 1. The van der Waals surface area contributed by atoms with Gasteiger partial charge in [-0.05, 0) is 54.1 Å². The van der Waals surface area contributed by atoms with Crippen molar-refractivity contribution in [2.24, 2.45) is 11.0 Å². The standard InChI is InChI=1S/C25H16ClN3O5/c26-16-10-6-14(7-11-16)22(30)20-19-21(29(27-20)18-4-2-1-3-5-18)24(32)28(23(19)31)17-12-8-15(9-13-17)25(33)34/h1-13,19,21H,(H,33,34)/p-1/t19-,21-/m1/s1. The zero-order chi connectivity index (χ0) is 24.0. The van der Waals surface area contributed by atoms with Crippen LogP contribution in [0.2, 0.25) is 5.02 Å². The van der Waals surface area contributed by atoms with E-state index in [9.17, 15) is 24.3 Å². The van der Waals surface area contributed by atoms with E-state index in [1.807, 2.05) is 0 Å². The number of anilines is 2. The Bertz CT molecular complexity index is 1350. The second-order valence-corrected chi connectivity index (χ2v) is 8.21. The Balaban J connectivity index is 1.58. The van der Waals surface area contributed by atoms with Crippen LogP contribution in [-0.4, -0.2) is 35.3 Å². The molecule has 9 heteroatoms. The molecule has 8 nitrogen and oxygen atoms in total. The lowest BCUT2D eigenvalue weighted by atomic mass is 9.92. The summed E-state index contributed by atoms with van der Waals surface area (Å²) in [5, 5.41) is 17.3. The molecule has 0 unspecified atom stereocenters. The van der Waals surface area contributed by atoms with Gasteiger partial charge in [-0.1, -0.05) is 41.9 Å². The number of Topliss-reactive ketones (excluding diaryl/α,β-unsaturated/α-hetero) is 1. The first-order chi connectivity index (χ1) is 16.4. The van der Waals surface area contributed by atoms with E-state index in [4.69, 9.17) is 11.6 Å². The first-order valence-electron chi connectivity index (χ1n) is 10.3. The number of carbonyl (C=O) groups excluding carboxylic acids is 4. The number of benzene rings is 3. The molecule has 1 saturated heterocycles. The van der Waals surface area contributed by atoms with Gasteiger partial charge in [0.1, 0.15) is 17.7 Å². The van der Waals surface area contributed by atoms with E-state index in [1.54, 1.807) is 42.5 Å². The largest absolute Gasteiger partial charge is 0.545 e. The summed E-state index contributed by atoms with van der Waals surface area (Å²) in [6.07, 6.45) is 0. The van der Waals surface area contributed by atoms with Crippen LogP contribution in [0.25, 0.3) is 0 Å². The Kier molecular flexibility index (Phi) is 5.22. The Hall–Kier alpha value is -4.30. The maximum Gasteiger partial charge on any atom is 0.259 e. The number of halogens is 1. The van der Waals surface area contributed by atoms with Crippen LogP contribution < -0.4 is 15.0 Å². The van der Waals surface area contributed by atoms with Gasteiger partial charge in [0.2, 0.25) is 11.7 Å². The number of carboxylic acids is 1. The summed E-state index contributed by atoms with van der Waals surface area (Å²) in [5.74, 6) is -4.17. The molecule has 0 bridgehead atoms. The van der Waals surface area contributed by atoms with Gasteiger partial charge in [-0.25, -0.2) is 4.90 Å². The van der Waals surface area contributed by atoms with Crippen LogP contribution in [0, 0.1) is 5.92 Å². The molecular formula is C25H15ClN3O5-. The summed E-state index contributed by atoms with van der Waals surface area (Å²) in [6.45, 7) is 0. The summed E-state index contributed by atoms with van der Waals surface area (Å²) >= 11 is 5.93. The summed E-state index contributed by atoms with van der Waals surface area (Å²) < 4.78 is 0. The molecule has 3 aromatic carbocycles. The number of ketones is 1. The lowest BCUT2D eigenvalue weighted by Crippen LogP contribution is -2.39. The number of nitrogens with zero attached hydrogens (tertiary/aromatic N) is 3. The predicted molar refractivity (Wildman–Crippen MR) is 123 cm³/mol. The molecule has 0 aromatic heterocycles. The number of amides is 2. The van der Waals surface area contributed by atoms with Crippen molar-refractivity contribution in [2.45, 2.75) is 6.04 Å². The molecule has 0 aliphatic carbocycles. The topological polar surface area (TPSA) is 110 Å². The predicted octanol–water partition coefficient (Wildman–Crippen LogP) is 2.32. The number of para-hydroxylation sites is 1. The summed E-state index contributed by atoms with van der Waals surface area (Å²) in [7, 11) is 0. The number of aromatic carboxylic acids is 1. The third-order valence-corrected chi connectivity index (χ3v) is 6.02. The third-order valence-electron chi connectivity index (χ3n) is 5.77. The van der Waals surface area contributed by atoms with Gasteiger partial charge in [-0.15, -0.1) is 0 Å². The molecule has 34 heavy (non-hydrogen) atoms. The highest BCUT2D eigenvalue weighted by Crippen LogP contribution is 2.38. The van der Waals surface area contributed by atoms with E-state index in [1.165, 1.54) is 41.4 Å². The maximum absolute atomic E-state index is 13.5. The van der Waals surface area contributed by atoms with Crippen molar-refractivity contribution in [3.8, 4) is 0 Å². The zero-order valence-corrected chi connectivity index (χ0v) is 18.2. The van der Waals surface area contributed by atoms with Gasteiger partial charge in [0.25, 0.3) is 5.91 Å². The third kappa shape index (κ3) is 3.45. The van der Waals surface area contributed by atoms with Crippen LogP contribution in [0.3, 0.4) is 0 Å². The fourth-order valence-electron chi connectivity index (χ4n) is 4.15. The highest BCUT2D eigenvalue weighted by atomic mass is 35.5. The molecule has 0 spiro atoms. The van der Waals surface area contributed by atoms with Gasteiger partial charge in [0, 0.05) is 10.6 Å². The number of hydrogen-bond donors (Lipinski definition) is 0. The van der Waals surface area contributed by atoms with Gasteiger partial charge in [-0.3, -0.25) is 19.4 Å². The normalized spacial score (nSPS) is 19.3. The van der Waals surface area contributed by atoms with Crippen molar-refractivity contribution >= 4 is 52.3 Å². The second kappa shape index (κ2) is 8.24. The summed E-state index contributed by atoms with van der Waals surface area (Å²) in [6, 6.07) is 19.1. The Labute approximate surface area is 198 Å². The SMILES string of the molecule is O=C([O-])c1ccc(N2C(=O)[C@@H]3C(C(=O)c4ccc(Cl)cc4)=NN(c4ccccc4)[C@H]3C2=O)cc1. The molecule has 2 heterocycles. The number of carbonyl (C=O) groups is 4. The monoisotopic (exact) mass is 472 g/mol. The molecule has 168 valence electrons. The first-order valence-corrected chi connectivity index (χ1v) is 10.7. The number of hydrogen-bond acceptors (Lipinski definition) is 7. The number of fused-ring (bicyclic) bond motifs is 1. The number of imide groups is 1. The van der Waals surface area contributed by atoms with E-state index in [0.717, 1.165) is 4.90 Å². The van der Waals surface area contributed by atoms with Crippen LogP contribution in [0.5, 0.6) is 0 Å². The second-order valence-electron chi connectivity index (χ2n) is 7.77. The Morgan fingerprint density at radius 3 is 2.03 bits per heavy atom. The molecule has 0 radical (unpaired) electrons. The van der Waals surface area contributed by atoms with Crippen LogP contribution in [0.1, 0.15) is 20.7 Å². The average molecular weight is 473 g/mol. The molecule has 0 saturated carbocycles. The van der Waals surface area contributed by atoms with E-state index in [-0.39, 0.29) is 22.5 Å². The minimum absolute atomic E-state index is 0.0524. The smallest absolute Gasteiger partial charge is 0.259 e.